The number of hydrogen-bond donors (Lipinski definition) is 5. The maximum absolute atomic E-state index is 13.2. The van der Waals surface area contributed by atoms with Crippen LogP contribution in [0.4, 0.5) is 13.2 Å². The van der Waals surface area contributed by atoms with Gasteiger partial charge in [0.15, 0.2) is 0 Å². The van der Waals surface area contributed by atoms with Crippen molar-refractivity contribution in [2.45, 2.75) is 55.0 Å². The number of hydrogen-bond acceptors (Lipinski definition) is 11. The second-order valence-electron chi connectivity index (χ2n) is 10.1. The number of aromatic nitrogens is 4. The van der Waals surface area contributed by atoms with E-state index in [0.717, 1.165) is 23.5 Å². The molecule has 46 heavy (non-hydrogen) atoms. The van der Waals surface area contributed by atoms with E-state index in [-0.39, 0.29) is 30.5 Å². The van der Waals surface area contributed by atoms with Crippen molar-refractivity contribution in [1.82, 2.24) is 30.6 Å². The number of fused-ring (bicyclic) bond motifs is 1. The van der Waals surface area contributed by atoms with Crippen LogP contribution in [0.1, 0.15) is 42.1 Å². The van der Waals surface area contributed by atoms with Crippen molar-refractivity contribution in [3.8, 4) is 5.75 Å². The third-order valence-corrected chi connectivity index (χ3v) is 8.97. The Labute approximate surface area is 265 Å². The zero-order valence-corrected chi connectivity index (χ0v) is 25.7. The Balaban J connectivity index is 1.40. The van der Waals surface area contributed by atoms with Gasteiger partial charge in [0.25, 0.3) is 10.0 Å². The largest absolute Gasteiger partial charge is 0.487 e. The van der Waals surface area contributed by atoms with Gasteiger partial charge in [0.2, 0.25) is 16.2 Å². The summed E-state index contributed by atoms with van der Waals surface area (Å²) in [6, 6.07) is 7.34. The smallest absolute Gasteiger partial charge is 0.416 e. The first-order valence-corrected chi connectivity index (χ1v) is 16.2. The van der Waals surface area contributed by atoms with Crippen LogP contribution in [0.3, 0.4) is 0 Å². The van der Waals surface area contributed by atoms with Gasteiger partial charge >= 0.3 is 6.18 Å². The predicted octanol–water partition coefficient (Wildman–Crippen LogP) is 1.60. The number of aliphatic hydroxyl groups excluding tert-OH is 1. The first-order valence-electron chi connectivity index (χ1n) is 13.8. The molecule has 4 rings (SSSR count). The Bertz CT molecular complexity index is 1760. The Morgan fingerprint density at radius 2 is 1.83 bits per heavy atom. The number of rotatable bonds is 15. The summed E-state index contributed by atoms with van der Waals surface area (Å²) in [7, 11) is -3.95. The molecule has 0 aliphatic carbocycles. The first kappa shape index (κ1) is 34.7. The number of alkyl halides is 3. The van der Waals surface area contributed by atoms with Crippen molar-refractivity contribution >= 4 is 43.4 Å². The normalized spacial score (nSPS) is 13.3. The number of nitrogens with two attached hydrogens (primary N) is 2. The maximum atomic E-state index is 13.2. The minimum absolute atomic E-state index is 0.0273. The summed E-state index contributed by atoms with van der Waals surface area (Å²) in [4.78, 5) is 29.0. The van der Waals surface area contributed by atoms with Crippen molar-refractivity contribution in [3.63, 3.8) is 0 Å². The summed E-state index contributed by atoms with van der Waals surface area (Å²) in [6.45, 7) is -0.305. The lowest BCUT2D eigenvalue weighted by Crippen LogP contribution is -2.43. The van der Waals surface area contributed by atoms with Gasteiger partial charge in [-0.2, -0.15) is 13.2 Å². The van der Waals surface area contributed by atoms with Crippen molar-refractivity contribution in [1.29, 1.82) is 0 Å². The summed E-state index contributed by atoms with van der Waals surface area (Å²) in [5.74, 6) is -0.557. The zero-order valence-electron chi connectivity index (χ0n) is 24.1. The highest BCUT2D eigenvalue weighted by Gasteiger charge is 2.30. The van der Waals surface area contributed by atoms with Crippen LogP contribution in [-0.4, -0.2) is 64.5 Å². The summed E-state index contributed by atoms with van der Waals surface area (Å²) >= 11 is 0.900. The van der Waals surface area contributed by atoms with Crippen LogP contribution in [0.15, 0.2) is 53.0 Å². The predicted molar refractivity (Wildman–Crippen MR) is 160 cm³/mol. The third-order valence-electron chi connectivity index (χ3n) is 6.64. The lowest BCUT2D eigenvalue weighted by atomic mass is 10.1. The molecular formula is C27H31F3N8O6S2. The minimum Gasteiger partial charge on any atom is -0.487 e. The Hall–Kier alpha value is -4.17. The summed E-state index contributed by atoms with van der Waals surface area (Å²) in [5, 5.41) is 27.6. The molecular weight excluding hydrogens is 653 g/mol. The highest BCUT2D eigenvalue weighted by molar-refractivity contribution is 7.91. The molecule has 0 radical (unpaired) electrons. The highest BCUT2D eigenvalue weighted by atomic mass is 32.2. The monoisotopic (exact) mass is 684 g/mol. The fraction of sp³-hybridized carbons (Fsp3) is 0.370. The van der Waals surface area contributed by atoms with E-state index in [9.17, 15) is 31.2 Å². The lowest BCUT2D eigenvalue weighted by molar-refractivity contribution is -0.137. The van der Waals surface area contributed by atoms with Gasteiger partial charge in [0.1, 0.15) is 30.1 Å². The number of thiazole rings is 1. The van der Waals surface area contributed by atoms with Crippen LogP contribution < -0.4 is 26.2 Å². The molecule has 19 heteroatoms. The minimum atomic E-state index is -4.48. The number of aliphatic hydroxyl groups is 1. The summed E-state index contributed by atoms with van der Waals surface area (Å²) < 4.78 is 69.4. The molecule has 4 aromatic rings. The van der Waals surface area contributed by atoms with Crippen LogP contribution in [0.25, 0.3) is 10.2 Å². The highest BCUT2D eigenvalue weighted by Crippen LogP contribution is 2.30. The molecule has 0 saturated carbocycles. The van der Waals surface area contributed by atoms with Gasteiger partial charge in [-0.05, 0) is 55.2 Å². The molecule has 0 spiro atoms. The van der Waals surface area contributed by atoms with Crippen LogP contribution in [0.2, 0.25) is 0 Å². The second kappa shape index (κ2) is 14.9. The Morgan fingerprint density at radius 3 is 2.50 bits per heavy atom. The number of benzene rings is 2. The average Bonchev–Trinajstić information content (AvgIpc) is 3.67. The lowest BCUT2D eigenvalue weighted by Gasteiger charge is -2.17. The van der Waals surface area contributed by atoms with Crippen LogP contribution in [-0.2, 0) is 38.9 Å². The van der Waals surface area contributed by atoms with Gasteiger partial charge in [-0.1, -0.05) is 17.3 Å². The third kappa shape index (κ3) is 9.42. The fourth-order valence-electron chi connectivity index (χ4n) is 4.17. The van der Waals surface area contributed by atoms with Gasteiger partial charge in [0.05, 0.1) is 28.6 Å². The van der Waals surface area contributed by atoms with E-state index in [2.05, 4.69) is 25.9 Å². The molecule has 2 atom stereocenters. The number of ether oxygens (including phenoxy) is 1. The van der Waals surface area contributed by atoms with Crippen LogP contribution in [0.5, 0.6) is 5.75 Å². The van der Waals surface area contributed by atoms with Crippen LogP contribution in [0, 0.1) is 0 Å². The molecule has 248 valence electrons. The Morgan fingerprint density at radius 1 is 1.09 bits per heavy atom. The number of nitrogens with zero attached hydrogens (tertiary/aromatic N) is 4. The van der Waals surface area contributed by atoms with E-state index in [1.807, 2.05) is 0 Å². The van der Waals surface area contributed by atoms with Crippen molar-refractivity contribution in [2.24, 2.45) is 10.9 Å². The molecule has 2 amide bonds. The Kier molecular flexibility index (Phi) is 11.3. The summed E-state index contributed by atoms with van der Waals surface area (Å²) in [6.07, 6.45) is -1.73. The first-order chi connectivity index (χ1) is 21.7. The molecule has 0 aliphatic heterocycles. The molecule has 14 nitrogen and oxygen atoms in total. The number of unbranched alkanes of at least 4 members (excludes halogenated alkanes) is 1. The number of nitrogens with one attached hydrogen (secondary N) is 2. The quantitative estimate of drug-likeness (QED) is 0.114. The van der Waals surface area contributed by atoms with Gasteiger partial charge in [-0.15, -0.1) is 16.4 Å². The number of carbonyl (C=O) groups is 2. The number of halogens is 3. The summed E-state index contributed by atoms with van der Waals surface area (Å²) in [5.41, 5.74) is 5.96. The second-order valence-corrected chi connectivity index (χ2v) is 12.9. The number of amides is 2. The molecule has 0 saturated heterocycles. The zero-order chi connectivity index (χ0) is 33.5. The number of sulfonamides is 1. The molecule has 2 heterocycles. The van der Waals surface area contributed by atoms with Crippen LogP contribution >= 0.6 is 11.3 Å². The van der Waals surface area contributed by atoms with Crippen molar-refractivity contribution < 1.29 is 41.0 Å². The molecule has 2 aromatic heterocycles. The number of carbonyl (C=O) groups excluding carboxylic acids is 2. The molecule has 2 aromatic carbocycles. The van der Waals surface area contributed by atoms with Crippen molar-refractivity contribution in [3.05, 3.63) is 65.5 Å². The van der Waals surface area contributed by atoms with E-state index in [0.29, 0.717) is 40.1 Å². The average molecular weight is 685 g/mol. The van der Waals surface area contributed by atoms with E-state index >= 15 is 0 Å². The SMILES string of the molecule is NC(CO)C(=O)NCCCCC(C(=O)NCc1ccc(C(F)(F)F)cc1)n1cc(COc2ccc3nc(S(N)(=O)=O)sc3c2)nn1. The van der Waals surface area contributed by atoms with E-state index in [4.69, 9.17) is 20.7 Å². The molecule has 7 N–H and O–H groups in total. The standard InChI is InChI=1S/C27H31F3N8O6S2/c28-27(29,30)17-6-4-16(5-7-17)12-34-25(41)22(3-1-2-10-33-24(40)20(31)14-39)38-13-18(36-37-38)15-44-19-8-9-21-23(11-19)45-26(35-21)46(32,42)43/h4-9,11,13,20,22,39H,1-3,10,12,14-15,31H2,(H,33,40)(H,34,41)(H2,32,42,43). The van der Waals surface area contributed by atoms with Gasteiger partial charge < -0.3 is 26.2 Å². The number of primary sulfonamides is 1. The van der Waals surface area contributed by atoms with Gasteiger partial charge in [-0.25, -0.2) is 23.2 Å². The van der Waals surface area contributed by atoms with E-state index in [1.165, 1.54) is 23.0 Å². The molecule has 0 aliphatic rings. The molecule has 0 bridgehead atoms. The molecule has 2 unspecified atom stereocenters. The van der Waals surface area contributed by atoms with Gasteiger partial charge in [-0.3, -0.25) is 9.59 Å². The van der Waals surface area contributed by atoms with Gasteiger partial charge in [0, 0.05) is 13.1 Å². The van der Waals surface area contributed by atoms with Crippen molar-refractivity contribution in [2.75, 3.05) is 13.2 Å². The van der Waals surface area contributed by atoms with E-state index < -0.39 is 52.3 Å². The fourth-order valence-corrected chi connectivity index (χ4v) is 5.86. The topological polar surface area (TPSA) is 217 Å². The van der Waals surface area contributed by atoms with E-state index in [1.54, 1.807) is 18.2 Å². The molecule has 0 fully saturated rings. The maximum Gasteiger partial charge on any atom is 0.416 e.